The molecule has 1 aliphatic rings. The molecular weight excluding hydrogens is 190 g/mol. The number of ether oxygens (including phenoxy) is 1. The first kappa shape index (κ1) is 12.9. The van der Waals surface area contributed by atoms with Crippen molar-refractivity contribution in [1.82, 2.24) is 5.32 Å². The Morgan fingerprint density at radius 2 is 1.93 bits per heavy atom. The normalized spacial score (nSPS) is 34.0. The average Bonchev–Trinajstić information content (AvgIpc) is 2.13. The van der Waals surface area contributed by atoms with Crippen LogP contribution >= 0.6 is 0 Å². The summed E-state index contributed by atoms with van der Waals surface area (Å²) < 4.78 is 5.70. The number of hydrogen-bond donors (Lipinski definition) is 2. The van der Waals surface area contributed by atoms with Crippen LogP contribution in [0.3, 0.4) is 0 Å². The highest BCUT2D eigenvalue weighted by Crippen LogP contribution is 2.19. The van der Waals surface area contributed by atoms with Crippen molar-refractivity contribution in [3.63, 3.8) is 0 Å². The smallest absolute Gasteiger partial charge is 0.0565 e. The molecule has 1 aliphatic heterocycles. The second-order valence-electron chi connectivity index (χ2n) is 4.86. The lowest BCUT2D eigenvalue weighted by molar-refractivity contribution is -0.0434. The molecule has 0 aromatic heterocycles. The van der Waals surface area contributed by atoms with E-state index in [0.29, 0.717) is 30.9 Å². The molecule has 15 heavy (non-hydrogen) atoms. The lowest BCUT2D eigenvalue weighted by Gasteiger charge is -2.34. The molecule has 1 rings (SSSR count). The Labute approximate surface area is 93.2 Å². The van der Waals surface area contributed by atoms with E-state index in [4.69, 9.17) is 9.84 Å². The van der Waals surface area contributed by atoms with Crippen LogP contribution < -0.4 is 5.32 Å². The van der Waals surface area contributed by atoms with Gasteiger partial charge in [-0.25, -0.2) is 0 Å². The van der Waals surface area contributed by atoms with Crippen LogP contribution in [-0.4, -0.2) is 36.0 Å². The van der Waals surface area contributed by atoms with E-state index in [-0.39, 0.29) is 0 Å². The molecular formula is C12H25NO2. The first-order valence-electron chi connectivity index (χ1n) is 6.14. The Hall–Kier alpha value is -0.120. The molecule has 0 radical (unpaired) electrons. The molecule has 3 nitrogen and oxygen atoms in total. The van der Waals surface area contributed by atoms with E-state index < -0.39 is 0 Å². The minimum Gasteiger partial charge on any atom is -0.396 e. The molecule has 4 atom stereocenters. The molecule has 1 heterocycles. The van der Waals surface area contributed by atoms with Crippen molar-refractivity contribution in [2.45, 2.75) is 70.7 Å². The van der Waals surface area contributed by atoms with Crippen LogP contribution in [0.2, 0.25) is 0 Å². The SMILES string of the molecule is C[C@H](CCCO)NC1C[C@@H](C)O[C@@H](C)C1. The maximum absolute atomic E-state index is 8.76. The summed E-state index contributed by atoms with van der Waals surface area (Å²) in [5.41, 5.74) is 0. The highest BCUT2D eigenvalue weighted by Gasteiger charge is 2.24. The minimum absolute atomic E-state index is 0.298. The van der Waals surface area contributed by atoms with E-state index in [1.54, 1.807) is 0 Å². The maximum atomic E-state index is 8.76. The van der Waals surface area contributed by atoms with Gasteiger partial charge in [-0.3, -0.25) is 0 Å². The lowest BCUT2D eigenvalue weighted by Crippen LogP contribution is -2.44. The predicted molar refractivity (Wildman–Crippen MR) is 61.9 cm³/mol. The van der Waals surface area contributed by atoms with Crippen molar-refractivity contribution in [3.8, 4) is 0 Å². The molecule has 0 saturated carbocycles. The number of aliphatic hydroxyl groups excluding tert-OH is 1. The number of aliphatic hydroxyl groups is 1. The maximum Gasteiger partial charge on any atom is 0.0565 e. The third-order valence-corrected chi connectivity index (χ3v) is 3.01. The number of rotatable bonds is 5. The summed E-state index contributed by atoms with van der Waals surface area (Å²) in [6, 6.07) is 1.08. The van der Waals surface area contributed by atoms with Crippen LogP contribution in [0.4, 0.5) is 0 Å². The largest absolute Gasteiger partial charge is 0.396 e. The zero-order valence-corrected chi connectivity index (χ0v) is 10.2. The Balaban J connectivity index is 2.24. The summed E-state index contributed by atoms with van der Waals surface area (Å²) in [6.45, 7) is 6.78. The van der Waals surface area contributed by atoms with Crippen LogP contribution in [0, 0.1) is 0 Å². The molecule has 0 aromatic carbocycles. The van der Waals surface area contributed by atoms with Gasteiger partial charge in [-0.15, -0.1) is 0 Å². The second kappa shape index (κ2) is 6.46. The van der Waals surface area contributed by atoms with Gasteiger partial charge in [-0.1, -0.05) is 0 Å². The van der Waals surface area contributed by atoms with Crippen LogP contribution in [0.15, 0.2) is 0 Å². The third kappa shape index (κ3) is 4.96. The minimum atomic E-state index is 0.298. The predicted octanol–water partition coefficient (Wildman–Crippen LogP) is 1.69. The van der Waals surface area contributed by atoms with Gasteiger partial charge >= 0.3 is 0 Å². The Kier molecular flexibility index (Phi) is 5.58. The van der Waals surface area contributed by atoms with Gasteiger partial charge in [0, 0.05) is 18.7 Å². The van der Waals surface area contributed by atoms with Crippen LogP contribution in [0.25, 0.3) is 0 Å². The molecule has 1 saturated heterocycles. The van der Waals surface area contributed by atoms with Crippen molar-refractivity contribution < 1.29 is 9.84 Å². The fourth-order valence-corrected chi connectivity index (χ4v) is 2.42. The quantitative estimate of drug-likeness (QED) is 0.733. The van der Waals surface area contributed by atoms with Crippen LogP contribution in [0.1, 0.15) is 46.5 Å². The molecule has 1 fully saturated rings. The van der Waals surface area contributed by atoms with E-state index in [9.17, 15) is 0 Å². The zero-order valence-electron chi connectivity index (χ0n) is 10.2. The summed E-state index contributed by atoms with van der Waals surface area (Å²) in [6.07, 6.45) is 4.90. The van der Waals surface area contributed by atoms with Gasteiger partial charge in [-0.2, -0.15) is 0 Å². The van der Waals surface area contributed by atoms with Gasteiger partial charge < -0.3 is 15.2 Å². The molecule has 2 N–H and O–H groups in total. The highest BCUT2D eigenvalue weighted by atomic mass is 16.5. The standard InChI is InChI=1S/C12H25NO2/c1-9(5-4-6-14)13-12-7-10(2)15-11(3)8-12/h9-14H,4-8H2,1-3H3/t9-,10-,11+,12?/m1/s1. The van der Waals surface area contributed by atoms with Gasteiger partial charge in [0.05, 0.1) is 12.2 Å². The monoisotopic (exact) mass is 215 g/mol. The Bertz CT molecular complexity index is 165. The van der Waals surface area contributed by atoms with E-state index in [1.165, 1.54) is 0 Å². The molecule has 0 aliphatic carbocycles. The van der Waals surface area contributed by atoms with Gasteiger partial charge in [-0.05, 0) is 46.5 Å². The molecule has 0 bridgehead atoms. The van der Waals surface area contributed by atoms with Gasteiger partial charge in [0.2, 0.25) is 0 Å². The second-order valence-corrected chi connectivity index (χ2v) is 4.86. The van der Waals surface area contributed by atoms with Crippen molar-refractivity contribution in [3.05, 3.63) is 0 Å². The fraction of sp³-hybridized carbons (Fsp3) is 1.00. The molecule has 0 aromatic rings. The Morgan fingerprint density at radius 1 is 1.33 bits per heavy atom. The summed E-state index contributed by atoms with van der Waals surface area (Å²) in [7, 11) is 0. The zero-order chi connectivity index (χ0) is 11.3. The highest BCUT2D eigenvalue weighted by molar-refractivity contribution is 4.80. The van der Waals surface area contributed by atoms with Crippen molar-refractivity contribution >= 4 is 0 Å². The third-order valence-electron chi connectivity index (χ3n) is 3.01. The van der Waals surface area contributed by atoms with E-state index in [1.807, 2.05) is 0 Å². The van der Waals surface area contributed by atoms with E-state index in [2.05, 4.69) is 26.1 Å². The Morgan fingerprint density at radius 3 is 2.47 bits per heavy atom. The fourth-order valence-electron chi connectivity index (χ4n) is 2.42. The molecule has 0 amide bonds. The van der Waals surface area contributed by atoms with Crippen LogP contribution in [0.5, 0.6) is 0 Å². The van der Waals surface area contributed by atoms with Crippen molar-refractivity contribution in [1.29, 1.82) is 0 Å². The van der Waals surface area contributed by atoms with Crippen molar-refractivity contribution in [2.24, 2.45) is 0 Å². The topological polar surface area (TPSA) is 41.5 Å². The first-order valence-corrected chi connectivity index (χ1v) is 6.14. The first-order chi connectivity index (χ1) is 7.11. The average molecular weight is 215 g/mol. The lowest BCUT2D eigenvalue weighted by atomic mass is 9.98. The summed E-state index contributed by atoms with van der Waals surface area (Å²) in [4.78, 5) is 0. The molecule has 90 valence electrons. The molecule has 1 unspecified atom stereocenters. The molecule has 3 heteroatoms. The van der Waals surface area contributed by atoms with E-state index >= 15 is 0 Å². The number of hydrogen-bond acceptors (Lipinski definition) is 3. The molecule has 0 spiro atoms. The van der Waals surface area contributed by atoms with Gasteiger partial charge in [0.25, 0.3) is 0 Å². The summed E-state index contributed by atoms with van der Waals surface area (Å²) in [5, 5.41) is 12.4. The van der Waals surface area contributed by atoms with Crippen LogP contribution in [-0.2, 0) is 4.74 Å². The summed E-state index contributed by atoms with van der Waals surface area (Å²) >= 11 is 0. The summed E-state index contributed by atoms with van der Waals surface area (Å²) in [5.74, 6) is 0. The van der Waals surface area contributed by atoms with Gasteiger partial charge in [0.1, 0.15) is 0 Å². The van der Waals surface area contributed by atoms with Gasteiger partial charge in [0.15, 0.2) is 0 Å². The number of nitrogens with one attached hydrogen (secondary N) is 1. The van der Waals surface area contributed by atoms with E-state index in [0.717, 1.165) is 25.7 Å². The van der Waals surface area contributed by atoms with Crippen molar-refractivity contribution in [2.75, 3.05) is 6.61 Å².